The summed E-state index contributed by atoms with van der Waals surface area (Å²) in [7, 11) is 1.53. The van der Waals surface area contributed by atoms with Crippen LogP contribution >= 0.6 is 0 Å². The third-order valence-corrected chi connectivity index (χ3v) is 5.81. The molecule has 6 nitrogen and oxygen atoms in total. The normalized spacial score (nSPS) is 14.8. The number of amides is 1. The lowest BCUT2D eigenvalue weighted by atomic mass is 9.91. The Labute approximate surface area is 179 Å². The van der Waals surface area contributed by atoms with Crippen LogP contribution in [0.5, 0.6) is 6.01 Å². The quantitative estimate of drug-likeness (QED) is 0.641. The zero-order chi connectivity index (χ0) is 21.4. The minimum Gasteiger partial charge on any atom is -0.467 e. The number of benzene rings is 2. The van der Waals surface area contributed by atoms with E-state index in [1.54, 1.807) is 24.5 Å². The van der Waals surface area contributed by atoms with E-state index >= 15 is 0 Å². The van der Waals surface area contributed by atoms with Crippen LogP contribution in [0.2, 0.25) is 0 Å². The lowest BCUT2D eigenvalue weighted by Crippen LogP contribution is -2.37. The molecule has 2 aliphatic rings. The molecular formula is C24H21FN4O2. The molecule has 0 atom stereocenters. The number of nitrogens with zero attached hydrogens (tertiary/aromatic N) is 4. The maximum Gasteiger partial charge on any atom is 0.316 e. The van der Waals surface area contributed by atoms with Gasteiger partial charge in [-0.15, -0.1) is 0 Å². The van der Waals surface area contributed by atoms with Gasteiger partial charge in [0.2, 0.25) is 5.91 Å². The Morgan fingerprint density at radius 1 is 1.06 bits per heavy atom. The van der Waals surface area contributed by atoms with Crippen molar-refractivity contribution in [2.75, 3.05) is 13.7 Å². The largest absolute Gasteiger partial charge is 0.467 e. The standard InChI is InChI=1S/C24H21FN4O2/c1-31-24-27-12-19(13-28-24)23-21-9-18-14-29(7-6-15-2-4-20(25)5-3-15)22(30)10-16(18)8-17(21)11-26-23/h2-5,8-9,12-13H,6-7,10-11,14H2,1H3. The monoisotopic (exact) mass is 416 g/mol. The lowest BCUT2D eigenvalue weighted by molar-refractivity contribution is -0.131. The molecule has 0 unspecified atom stereocenters. The number of hydrogen-bond acceptors (Lipinski definition) is 5. The highest BCUT2D eigenvalue weighted by molar-refractivity contribution is 6.15. The average molecular weight is 416 g/mol. The number of carbonyl (C=O) groups excluding carboxylic acids is 1. The molecule has 5 rings (SSSR count). The number of halogens is 1. The molecule has 2 aromatic carbocycles. The van der Waals surface area contributed by atoms with Crippen LogP contribution in [0.4, 0.5) is 4.39 Å². The number of fused-ring (bicyclic) bond motifs is 2. The summed E-state index contributed by atoms with van der Waals surface area (Å²) in [6.45, 7) is 1.76. The van der Waals surface area contributed by atoms with Crippen LogP contribution in [0, 0.1) is 5.82 Å². The van der Waals surface area contributed by atoms with Gasteiger partial charge in [0.1, 0.15) is 5.82 Å². The van der Waals surface area contributed by atoms with E-state index in [4.69, 9.17) is 4.74 Å². The molecule has 0 radical (unpaired) electrons. The van der Waals surface area contributed by atoms with Crippen molar-refractivity contribution >= 4 is 11.6 Å². The van der Waals surface area contributed by atoms with Gasteiger partial charge in [-0.2, -0.15) is 0 Å². The molecule has 0 aliphatic carbocycles. The van der Waals surface area contributed by atoms with Gasteiger partial charge in [-0.3, -0.25) is 9.79 Å². The molecule has 156 valence electrons. The third kappa shape index (κ3) is 3.79. The smallest absolute Gasteiger partial charge is 0.316 e. The van der Waals surface area contributed by atoms with Gasteiger partial charge in [-0.05, 0) is 46.9 Å². The van der Waals surface area contributed by atoms with Crippen molar-refractivity contribution < 1.29 is 13.9 Å². The van der Waals surface area contributed by atoms with Gasteiger partial charge in [0.05, 0.1) is 25.8 Å². The summed E-state index contributed by atoms with van der Waals surface area (Å²) in [5, 5.41) is 0. The molecule has 31 heavy (non-hydrogen) atoms. The van der Waals surface area contributed by atoms with Crippen LogP contribution in [-0.4, -0.2) is 40.1 Å². The maximum atomic E-state index is 13.1. The topological polar surface area (TPSA) is 67.7 Å². The van der Waals surface area contributed by atoms with Crippen molar-refractivity contribution in [1.29, 1.82) is 0 Å². The molecule has 0 saturated carbocycles. The van der Waals surface area contributed by atoms with E-state index in [0.717, 1.165) is 39.1 Å². The summed E-state index contributed by atoms with van der Waals surface area (Å²) in [6, 6.07) is 11.0. The van der Waals surface area contributed by atoms with Crippen LogP contribution in [0.15, 0.2) is 53.8 Å². The molecule has 1 aromatic heterocycles. The highest BCUT2D eigenvalue weighted by atomic mass is 19.1. The van der Waals surface area contributed by atoms with Gasteiger partial charge in [0.15, 0.2) is 0 Å². The first-order chi connectivity index (χ1) is 15.1. The predicted molar refractivity (Wildman–Crippen MR) is 114 cm³/mol. The minimum atomic E-state index is -0.250. The van der Waals surface area contributed by atoms with Crippen LogP contribution in [-0.2, 0) is 30.7 Å². The Balaban J connectivity index is 1.36. The molecule has 0 bridgehead atoms. The van der Waals surface area contributed by atoms with Gasteiger partial charge in [-0.25, -0.2) is 14.4 Å². The van der Waals surface area contributed by atoms with Crippen LogP contribution in [0.1, 0.15) is 33.4 Å². The van der Waals surface area contributed by atoms with Crippen molar-refractivity contribution in [3.63, 3.8) is 0 Å². The second-order valence-corrected chi connectivity index (χ2v) is 7.77. The average Bonchev–Trinajstić information content (AvgIpc) is 3.20. The van der Waals surface area contributed by atoms with E-state index < -0.39 is 0 Å². The number of hydrogen-bond donors (Lipinski definition) is 0. The van der Waals surface area contributed by atoms with Crippen LogP contribution in [0.3, 0.4) is 0 Å². The Kier molecular flexibility index (Phi) is 4.94. The number of aliphatic imine (C=N–C) groups is 1. The fourth-order valence-corrected chi connectivity index (χ4v) is 4.13. The van der Waals surface area contributed by atoms with Crippen molar-refractivity contribution in [1.82, 2.24) is 14.9 Å². The van der Waals surface area contributed by atoms with Crippen LogP contribution in [0.25, 0.3) is 0 Å². The molecule has 0 fully saturated rings. The highest BCUT2D eigenvalue weighted by Gasteiger charge is 2.27. The lowest BCUT2D eigenvalue weighted by Gasteiger charge is -2.29. The van der Waals surface area contributed by atoms with E-state index in [0.29, 0.717) is 38.5 Å². The first kappa shape index (κ1) is 19.4. The van der Waals surface area contributed by atoms with E-state index in [1.165, 1.54) is 19.2 Å². The van der Waals surface area contributed by atoms with Crippen molar-refractivity contribution in [2.45, 2.75) is 25.9 Å². The van der Waals surface area contributed by atoms with Gasteiger partial charge < -0.3 is 9.64 Å². The molecular weight excluding hydrogens is 395 g/mol. The van der Waals surface area contributed by atoms with Gasteiger partial charge in [0.25, 0.3) is 0 Å². The summed E-state index contributed by atoms with van der Waals surface area (Å²) >= 11 is 0. The Morgan fingerprint density at radius 2 is 1.84 bits per heavy atom. The van der Waals surface area contributed by atoms with Gasteiger partial charge in [0, 0.05) is 36.6 Å². The second kappa shape index (κ2) is 7.91. The fraction of sp³-hybridized carbons (Fsp3) is 0.250. The Hall–Kier alpha value is -3.61. The Bertz CT molecular complexity index is 1170. The number of carbonyl (C=O) groups is 1. The molecule has 0 saturated heterocycles. The fourth-order valence-electron chi connectivity index (χ4n) is 4.13. The molecule has 0 N–H and O–H groups in total. The SMILES string of the molecule is COc1ncc(C2=NCc3cc4c(cc32)CN(CCc2ccc(F)cc2)C(=O)C4)cn1. The predicted octanol–water partition coefficient (Wildman–Crippen LogP) is 3.10. The molecule has 3 aromatic rings. The zero-order valence-corrected chi connectivity index (χ0v) is 17.1. The molecule has 3 heterocycles. The van der Waals surface area contributed by atoms with Crippen molar-refractivity contribution in [3.05, 3.63) is 88.0 Å². The number of ether oxygens (including phenoxy) is 1. The molecule has 0 spiro atoms. The zero-order valence-electron chi connectivity index (χ0n) is 17.1. The van der Waals surface area contributed by atoms with E-state index in [2.05, 4.69) is 27.1 Å². The Morgan fingerprint density at radius 3 is 2.58 bits per heavy atom. The van der Waals surface area contributed by atoms with Crippen molar-refractivity contribution in [3.8, 4) is 6.01 Å². The van der Waals surface area contributed by atoms with Gasteiger partial charge in [-0.1, -0.05) is 18.2 Å². The van der Waals surface area contributed by atoms with E-state index in [-0.39, 0.29) is 11.7 Å². The second-order valence-electron chi connectivity index (χ2n) is 7.77. The summed E-state index contributed by atoms with van der Waals surface area (Å²) in [5.74, 6) is -0.127. The molecule has 1 amide bonds. The first-order valence-corrected chi connectivity index (χ1v) is 10.2. The summed E-state index contributed by atoms with van der Waals surface area (Å²) in [4.78, 5) is 27.6. The summed E-state index contributed by atoms with van der Waals surface area (Å²) in [5.41, 5.74) is 7.14. The maximum absolute atomic E-state index is 13.1. The number of methoxy groups -OCH3 is 1. The van der Waals surface area contributed by atoms with Crippen LogP contribution < -0.4 is 4.74 Å². The van der Waals surface area contributed by atoms with Gasteiger partial charge >= 0.3 is 6.01 Å². The first-order valence-electron chi connectivity index (χ1n) is 10.2. The molecule has 7 heteroatoms. The number of aromatic nitrogens is 2. The molecule has 2 aliphatic heterocycles. The highest BCUT2D eigenvalue weighted by Crippen LogP contribution is 2.30. The number of rotatable bonds is 5. The van der Waals surface area contributed by atoms with E-state index in [1.807, 2.05) is 4.90 Å². The minimum absolute atomic E-state index is 0.122. The van der Waals surface area contributed by atoms with Crippen molar-refractivity contribution in [2.24, 2.45) is 4.99 Å². The third-order valence-electron chi connectivity index (χ3n) is 5.81. The summed E-state index contributed by atoms with van der Waals surface area (Å²) < 4.78 is 18.2. The van der Waals surface area contributed by atoms with E-state index in [9.17, 15) is 9.18 Å². The summed E-state index contributed by atoms with van der Waals surface area (Å²) in [6.07, 6.45) is 4.53.